The molecule has 0 saturated heterocycles. The number of nitrogens with one attached hydrogen (secondary N) is 1. The van der Waals surface area contributed by atoms with Crippen LogP contribution in [0.25, 0.3) is 0 Å². The summed E-state index contributed by atoms with van der Waals surface area (Å²) in [5.41, 5.74) is 0.0585. The standard InChI is InChI=1S/C10H12BrF2NO/c1-2-6(15)5-14-10-4-8(12)7(11)3-9(10)13/h3-4,6,14-15H,2,5H2,1H3. The highest BCUT2D eigenvalue weighted by molar-refractivity contribution is 9.10. The van der Waals surface area contributed by atoms with E-state index in [2.05, 4.69) is 21.2 Å². The second-order valence-electron chi connectivity index (χ2n) is 3.19. The molecule has 84 valence electrons. The summed E-state index contributed by atoms with van der Waals surface area (Å²) in [5, 5.41) is 11.9. The van der Waals surface area contributed by atoms with Gasteiger partial charge in [-0.25, -0.2) is 8.78 Å². The molecule has 1 atom stereocenters. The molecule has 0 fully saturated rings. The monoisotopic (exact) mass is 279 g/mol. The highest BCUT2D eigenvalue weighted by Gasteiger charge is 2.09. The Bertz CT molecular complexity index is 346. The first-order chi connectivity index (χ1) is 7.04. The molecule has 0 spiro atoms. The van der Waals surface area contributed by atoms with E-state index < -0.39 is 17.7 Å². The Morgan fingerprint density at radius 1 is 1.40 bits per heavy atom. The Hall–Kier alpha value is -0.680. The predicted octanol–water partition coefficient (Wildman–Crippen LogP) is 2.91. The molecular weight excluding hydrogens is 268 g/mol. The third kappa shape index (κ3) is 3.43. The molecule has 0 aliphatic heterocycles. The van der Waals surface area contributed by atoms with Gasteiger partial charge >= 0.3 is 0 Å². The molecule has 0 aliphatic rings. The van der Waals surface area contributed by atoms with Crippen molar-refractivity contribution in [3.05, 3.63) is 28.2 Å². The Morgan fingerprint density at radius 2 is 2.07 bits per heavy atom. The Kier molecular flexibility index (Phi) is 4.47. The first-order valence-electron chi connectivity index (χ1n) is 4.61. The predicted molar refractivity (Wildman–Crippen MR) is 58.8 cm³/mol. The zero-order valence-electron chi connectivity index (χ0n) is 8.23. The van der Waals surface area contributed by atoms with Crippen LogP contribution in [0, 0.1) is 11.6 Å². The highest BCUT2D eigenvalue weighted by atomic mass is 79.9. The summed E-state index contributed by atoms with van der Waals surface area (Å²) in [6, 6.07) is 2.11. The Morgan fingerprint density at radius 3 is 2.67 bits per heavy atom. The lowest BCUT2D eigenvalue weighted by atomic mass is 10.2. The van der Waals surface area contributed by atoms with Crippen molar-refractivity contribution >= 4 is 21.6 Å². The van der Waals surface area contributed by atoms with Crippen molar-refractivity contribution in [3.63, 3.8) is 0 Å². The van der Waals surface area contributed by atoms with E-state index in [4.69, 9.17) is 0 Å². The summed E-state index contributed by atoms with van der Waals surface area (Å²) in [5.74, 6) is -1.09. The molecule has 1 unspecified atom stereocenters. The quantitative estimate of drug-likeness (QED) is 0.831. The van der Waals surface area contributed by atoms with Gasteiger partial charge < -0.3 is 10.4 Å². The SMILES string of the molecule is CCC(O)CNc1cc(F)c(Br)cc1F. The maximum absolute atomic E-state index is 13.2. The van der Waals surface area contributed by atoms with E-state index in [0.29, 0.717) is 6.42 Å². The van der Waals surface area contributed by atoms with Crippen LogP contribution in [0.2, 0.25) is 0 Å². The number of rotatable bonds is 4. The molecule has 0 aliphatic carbocycles. The fourth-order valence-corrected chi connectivity index (χ4v) is 1.35. The molecule has 0 heterocycles. The van der Waals surface area contributed by atoms with Crippen molar-refractivity contribution in [3.8, 4) is 0 Å². The van der Waals surface area contributed by atoms with Gasteiger partial charge in [0.2, 0.25) is 0 Å². The van der Waals surface area contributed by atoms with Gasteiger partial charge in [0.25, 0.3) is 0 Å². The Balaban J connectivity index is 2.73. The van der Waals surface area contributed by atoms with Crippen LogP contribution in [-0.2, 0) is 0 Å². The van der Waals surface area contributed by atoms with Gasteiger partial charge in [0, 0.05) is 12.6 Å². The first-order valence-corrected chi connectivity index (χ1v) is 5.40. The van der Waals surface area contributed by atoms with Gasteiger partial charge in [-0.2, -0.15) is 0 Å². The van der Waals surface area contributed by atoms with Crippen molar-refractivity contribution in [2.75, 3.05) is 11.9 Å². The summed E-state index contributed by atoms with van der Waals surface area (Å²) in [7, 11) is 0. The maximum Gasteiger partial charge on any atom is 0.147 e. The molecule has 2 N–H and O–H groups in total. The average Bonchev–Trinajstić information content (AvgIpc) is 2.21. The van der Waals surface area contributed by atoms with Crippen molar-refractivity contribution in [2.45, 2.75) is 19.4 Å². The van der Waals surface area contributed by atoms with Crippen LogP contribution < -0.4 is 5.32 Å². The largest absolute Gasteiger partial charge is 0.391 e. The van der Waals surface area contributed by atoms with Gasteiger partial charge in [0.05, 0.1) is 16.3 Å². The minimum Gasteiger partial charge on any atom is -0.391 e. The molecule has 1 rings (SSSR count). The van der Waals surface area contributed by atoms with Gasteiger partial charge in [-0.3, -0.25) is 0 Å². The van der Waals surface area contributed by atoms with Crippen molar-refractivity contribution < 1.29 is 13.9 Å². The van der Waals surface area contributed by atoms with Gasteiger partial charge in [0.1, 0.15) is 11.6 Å². The highest BCUT2D eigenvalue weighted by Crippen LogP contribution is 2.23. The summed E-state index contributed by atoms with van der Waals surface area (Å²) in [6.07, 6.45) is 0.00396. The molecule has 0 aromatic heterocycles. The van der Waals surface area contributed by atoms with E-state index >= 15 is 0 Å². The topological polar surface area (TPSA) is 32.3 Å². The fourth-order valence-electron chi connectivity index (χ4n) is 1.03. The van der Waals surface area contributed by atoms with Crippen molar-refractivity contribution in [1.29, 1.82) is 0 Å². The number of hydrogen-bond donors (Lipinski definition) is 2. The smallest absolute Gasteiger partial charge is 0.147 e. The minimum atomic E-state index is -0.559. The zero-order valence-corrected chi connectivity index (χ0v) is 9.81. The van der Waals surface area contributed by atoms with Crippen LogP contribution in [0.15, 0.2) is 16.6 Å². The van der Waals surface area contributed by atoms with E-state index in [1.165, 1.54) is 0 Å². The first kappa shape index (κ1) is 12.4. The van der Waals surface area contributed by atoms with Crippen LogP contribution in [0.3, 0.4) is 0 Å². The Labute approximate surface area is 95.4 Å². The molecule has 5 heteroatoms. The molecule has 0 bridgehead atoms. The van der Waals surface area contributed by atoms with Crippen LogP contribution in [0.1, 0.15) is 13.3 Å². The van der Waals surface area contributed by atoms with Gasteiger partial charge in [0.15, 0.2) is 0 Å². The lowest BCUT2D eigenvalue weighted by Crippen LogP contribution is -2.18. The molecule has 2 nitrogen and oxygen atoms in total. The van der Waals surface area contributed by atoms with Crippen LogP contribution in [0.4, 0.5) is 14.5 Å². The third-order valence-corrected chi connectivity index (χ3v) is 2.62. The van der Waals surface area contributed by atoms with Gasteiger partial charge in [-0.15, -0.1) is 0 Å². The summed E-state index contributed by atoms with van der Waals surface area (Å²) < 4.78 is 26.4. The zero-order chi connectivity index (χ0) is 11.4. The van der Waals surface area contributed by atoms with E-state index in [1.807, 2.05) is 6.92 Å². The summed E-state index contributed by atoms with van der Waals surface area (Å²) in [6.45, 7) is 2.01. The number of benzene rings is 1. The maximum atomic E-state index is 13.2. The molecule has 0 amide bonds. The number of halogens is 3. The normalized spacial score (nSPS) is 12.6. The fraction of sp³-hybridized carbons (Fsp3) is 0.400. The number of hydrogen-bond acceptors (Lipinski definition) is 2. The second-order valence-corrected chi connectivity index (χ2v) is 4.04. The molecule has 15 heavy (non-hydrogen) atoms. The van der Waals surface area contributed by atoms with E-state index in [0.717, 1.165) is 12.1 Å². The summed E-state index contributed by atoms with van der Waals surface area (Å²) in [4.78, 5) is 0. The average molecular weight is 280 g/mol. The molecular formula is C10H12BrF2NO. The molecule has 0 saturated carbocycles. The lowest BCUT2D eigenvalue weighted by molar-refractivity contribution is 0.183. The number of aliphatic hydroxyl groups excluding tert-OH is 1. The van der Waals surface area contributed by atoms with E-state index in [9.17, 15) is 13.9 Å². The van der Waals surface area contributed by atoms with Gasteiger partial charge in [-0.1, -0.05) is 6.92 Å². The van der Waals surface area contributed by atoms with Crippen LogP contribution in [0.5, 0.6) is 0 Å². The second kappa shape index (κ2) is 5.42. The van der Waals surface area contributed by atoms with Crippen molar-refractivity contribution in [1.82, 2.24) is 0 Å². The lowest BCUT2D eigenvalue weighted by Gasteiger charge is -2.11. The van der Waals surface area contributed by atoms with E-state index in [1.54, 1.807) is 0 Å². The minimum absolute atomic E-state index is 0.0585. The van der Waals surface area contributed by atoms with Crippen LogP contribution in [-0.4, -0.2) is 17.8 Å². The third-order valence-electron chi connectivity index (χ3n) is 2.01. The molecule has 1 aromatic rings. The van der Waals surface area contributed by atoms with Crippen LogP contribution >= 0.6 is 15.9 Å². The molecule has 0 radical (unpaired) electrons. The van der Waals surface area contributed by atoms with E-state index in [-0.39, 0.29) is 16.7 Å². The molecule has 1 aromatic carbocycles. The van der Waals surface area contributed by atoms with Gasteiger partial charge in [-0.05, 0) is 28.4 Å². The number of anilines is 1. The van der Waals surface area contributed by atoms with Crippen molar-refractivity contribution in [2.24, 2.45) is 0 Å². The number of aliphatic hydroxyl groups is 1. The summed E-state index contributed by atoms with van der Waals surface area (Å²) >= 11 is 2.88.